The number of nitrogens with zero attached hydrogens (tertiary/aromatic N) is 4. The van der Waals surface area contributed by atoms with Gasteiger partial charge in [0.25, 0.3) is 0 Å². The lowest BCUT2D eigenvalue weighted by Gasteiger charge is -2.10. The van der Waals surface area contributed by atoms with Crippen LogP contribution in [0.5, 0.6) is 5.75 Å². The van der Waals surface area contributed by atoms with Crippen molar-refractivity contribution < 1.29 is 15.1 Å². The van der Waals surface area contributed by atoms with Crippen molar-refractivity contribution in [3.63, 3.8) is 0 Å². The zero-order valence-corrected chi connectivity index (χ0v) is 22.5. The van der Waals surface area contributed by atoms with Crippen LogP contribution in [0.1, 0.15) is 11.1 Å². The van der Waals surface area contributed by atoms with Crippen molar-refractivity contribution in [1.82, 2.24) is 19.7 Å². The summed E-state index contributed by atoms with van der Waals surface area (Å²) in [6, 6.07) is 22.2. The summed E-state index contributed by atoms with van der Waals surface area (Å²) < 4.78 is 6.97. The zero-order valence-electron chi connectivity index (χ0n) is 20.2. The molecule has 0 atom stereocenters. The second kappa shape index (κ2) is 11.4. The lowest BCUT2D eigenvalue weighted by molar-refractivity contribution is 0.195. The van der Waals surface area contributed by atoms with E-state index in [9.17, 15) is 10.3 Å². The maximum Gasteiger partial charge on any atom is 0.187 e. The van der Waals surface area contributed by atoms with E-state index in [1.807, 2.05) is 60.9 Å². The molecule has 0 unspecified atom stereocenters. The SMILES string of the molecule is CSc1nccc(-c2c(-c3cccc(OCc4ccccc4)c3)nc(-c3c(Cl)cc(CO)cc3Cl)n2O)n1. The van der Waals surface area contributed by atoms with E-state index >= 15 is 0 Å². The molecule has 0 saturated carbocycles. The first kappa shape index (κ1) is 26.1. The normalized spacial score (nSPS) is 11.1. The van der Waals surface area contributed by atoms with Gasteiger partial charge in [-0.2, -0.15) is 4.73 Å². The van der Waals surface area contributed by atoms with Crippen LogP contribution >= 0.6 is 35.0 Å². The van der Waals surface area contributed by atoms with E-state index < -0.39 is 0 Å². The summed E-state index contributed by atoms with van der Waals surface area (Å²) in [5.41, 5.74) is 3.88. The highest BCUT2D eigenvalue weighted by atomic mass is 35.5. The zero-order chi connectivity index (χ0) is 26.6. The van der Waals surface area contributed by atoms with Crippen LogP contribution in [0.15, 0.2) is 84.1 Å². The van der Waals surface area contributed by atoms with Crippen LogP contribution in [-0.4, -0.2) is 36.3 Å². The molecule has 5 rings (SSSR count). The fourth-order valence-electron chi connectivity index (χ4n) is 3.98. The van der Waals surface area contributed by atoms with Crippen molar-refractivity contribution in [1.29, 1.82) is 0 Å². The van der Waals surface area contributed by atoms with Crippen molar-refractivity contribution in [2.24, 2.45) is 0 Å². The highest BCUT2D eigenvalue weighted by molar-refractivity contribution is 7.98. The fraction of sp³-hybridized carbons (Fsp3) is 0.107. The van der Waals surface area contributed by atoms with Crippen molar-refractivity contribution >= 4 is 35.0 Å². The number of aliphatic hydroxyl groups is 1. The molecule has 2 N–H and O–H groups in total. The van der Waals surface area contributed by atoms with Crippen molar-refractivity contribution in [3.05, 3.63) is 100 Å². The second-order valence-electron chi connectivity index (χ2n) is 8.27. The Morgan fingerprint density at radius 2 is 1.68 bits per heavy atom. The molecular weight excluding hydrogens is 543 g/mol. The third-order valence-electron chi connectivity index (χ3n) is 5.78. The lowest BCUT2D eigenvalue weighted by Crippen LogP contribution is -2.01. The number of thioether (sulfide) groups is 1. The number of aromatic nitrogens is 4. The molecule has 0 aliphatic rings. The predicted molar refractivity (Wildman–Crippen MR) is 150 cm³/mol. The topological polar surface area (TPSA) is 93.3 Å². The summed E-state index contributed by atoms with van der Waals surface area (Å²) in [6.45, 7) is 0.181. The van der Waals surface area contributed by atoms with Crippen LogP contribution < -0.4 is 4.74 Å². The number of aliphatic hydroxyl groups excluding tert-OH is 1. The minimum absolute atomic E-state index is 0.134. The third kappa shape index (κ3) is 5.35. The standard InChI is InChI=1S/C28H22Cl2N4O3S/c1-38-28-31-11-10-23(32-28)26-25(19-8-5-9-20(14-19)37-16-17-6-3-2-4-7-17)33-27(34(26)36)24-21(29)12-18(15-35)13-22(24)30/h2-14,35-36H,15-16H2,1H3. The summed E-state index contributed by atoms with van der Waals surface area (Å²) in [6.07, 6.45) is 3.50. The molecule has 5 aromatic rings. The van der Waals surface area contributed by atoms with E-state index in [4.69, 9.17) is 32.9 Å². The third-order valence-corrected chi connectivity index (χ3v) is 6.94. The van der Waals surface area contributed by atoms with Crippen molar-refractivity contribution in [2.75, 3.05) is 6.26 Å². The van der Waals surface area contributed by atoms with Gasteiger partial charge in [0.1, 0.15) is 23.7 Å². The van der Waals surface area contributed by atoms with E-state index in [0.29, 0.717) is 51.3 Å². The second-order valence-corrected chi connectivity index (χ2v) is 9.86. The van der Waals surface area contributed by atoms with Gasteiger partial charge in [0.05, 0.1) is 27.9 Å². The van der Waals surface area contributed by atoms with Gasteiger partial charge in [0, 0.05) is 11.8 Å². The van der Waals surface area contributed by atoms with Crippen molar-refractivity contribution in [3.8, 4) is 39.8 Å². The Balaban J connectivity index is 1.64. The molecule has 2 heterocycles. The van der Waals surface area contributed by atoms with E-state index in [1.165, 1.54) is 11.8 Å². The molecular formula is C28H22Cl2N4O3S. The molecule has 0 fully saturated rings. The molecule has 38 heavy (non-hydrogen) atoms. The lowest BCUT2D eigenvalue weighted by atomic mass is 10.1. The van der Waals surface area contributed by atoms with Crippen LogP contribution in [-0.2, 0) is 13.2 Å². The van der Waals surface area contributed by atoms with Gasteiger partial charge in [-0.05, 0) is 47.7 Å². The first-order chi connectivity index (χ1) is 18.5. The number of benzene rings is 3. The van der Waals surface area contributed by atoms with Gasteiger partial charge in [0.2, 0.25) is 0 Å². The van der Waals surface area contributed by atoms with Crippen molar-refractivity contribution in [2.45, 2.75) is 18.4 Å². The molecule has 192 valence electrons. The number of imidazole rings is 1. The van der Waals surface area contributed by atoms with Crippen LogP contribution in [0, 0.1) is 0 Å². The molecule has 0 saturated heterocycles. The van der Waals surface area contributed by atoms with Crippen LogP contribution in [0.3, 0.4) is 0 Å². The Hall–Kier alpha value is -3.56. The molecule has 3 aromatic carbocycles. The number of ether oxygens (including phenoxy) is 1. The highest BCUT2D eigenvalue weighted by Gasteiger charge is 2.25. The van der Waals surface area contributed by atoms with Crippen LogP contribution in [0.4, 0.5) is 0 Å². The van der Waals surface area contributed by atoms with E-state index in [1.54, 1.807) is 24.4 Å². The summed E-state index contributed by atoms with van der Waals surface area (Å²) >= 11 is 14.5. The fourth-order valence-corrected chi connectivity index (χ4v) is 5.04. The summed E-state index contributed by atoms with van der Waals surface area (Å²) in [4.78, 5) is 13.6. The molecule has 0 bridgehead atoms. The van der Waals surface area contributed by atoms with Gasteiger partial charge < -0.3 is 15.1 Å². The minimum atomic E-state index is -0.224. The Labute approximate surface area is 233 Å². The average molecular weight is 565 g/mol. The molecule has 0 amide bonds. The maximum atomic E-state index is 11.4. The Kier molecular flexibility index (Phi) is 7.85. The van der Waals surface area contributed by atoms with E-state index in [0.717, 1.165) is 10.3 Å². The maximum absolute atomic E-state index is 11.4. The van der Waals surface area contributed by atoms with Crippen LogP contribution in [0.25, 0.3) is 34.0 Å². The summed E-state index contributed by atoms with van der Waals surface area (Å²) in [7, 11) is 0. The molecule has 0 aliphatic heterocycles. The van der Waals surface area contributed by atoms with Gasteiger partial charge >= 0.3 is 0 Å². The average Bonchev–Trinajstić information content (AvgIpc) is 3.28. The summed E-state index contributed by atoms with van der Waals surface area (Å²) in [5, 5.41) is 22.0. The highest BCUT2D eigenvalue weighted by Crippen LogP contribution is 2.41. The number of halogens is 2. The summed E-state index contributed by atoms with van der Waals surface area (Å²) in [5.74, 6) is 0.775. The Morgan fingerprint density at radius 3 is 2.39 bits per heavy atom. The smallest absolute Gasteiger partial charge is 0.187 e. The Morgan fingerprint density at radius 1 is 0.921 bits per heavy atom. The molecule has 10 heteroatoms. The number of hydrogen-bond acceptors (Lipinski definition) is 7. The van der Waals surface area contributed by atoms with E-state index in [-0.39, 0.29) is 22.5 Å². The Bertz CT molecular complexity index is 1570. The van der Waals surface area contributed by atoms with Gasteiger partial charge in [-0.3, -0.25) is 0 Å². The largest absolute Gasteiger partial charge is 0.489 e. The quantitative estimate of drug-likeness (QED) is 0.119. The molecule has 7 nitrogen and oxygen atoms in total. The number of hydrogen-bond donors (Lipinski definition) is 2. The predicted octanol–water partition coefficient (Wildman–Crippen LogP) is 7.01. The minimum Gasteiger partial charge on any atom is -0.489 e. The van der Waals surface area contributed by atoms with Gasteiger partial charge in [-0.25, -0.2) is 15.0 Å². The first-order valence-corrected chi connectivity index (χ1v) is 13.5. The van der Waals surface area contributed by atoms with Gasteiger partial charge in [0.15, 0.2) is 11.0 Å². The molecule has 2 aromatic heterocycles. The van der Waals surface area contributed by atoms with E-state index in [2.05, 4.69) is 9.97 Å². The molecule has 0 aliphatic carbocycles. The van der Waals surface area contributed by atoms with Gasteiger partial charge in [-0.15, -0.1) is 0 Å². The first-order valence-electron chi connectivity index (χ1n) is 11.5. The molecule has 0 radical (unpaired) electrons. The van der Waals surface area contributed by atoms with Gasteiger partial charge in [-0.1, -0.05) is 77.4 Å². The monoisotopic (exact) mass is 564 g/mol. The van der Waals surface area contributed by atoms with Crippen LogP contribution in [0.2, 0.25) is 10.0 Å². The molecule has 0 spiro atoms. The number of rotatable bonds is 8.